The third-order valence-corrected chi connectivity index (χ3v) is 5.53. The van der Waals surface area contributed by atoms with Crippen LogP contribution in [0.15, 0.2) is 24.3 Å². The molecule has 1 rings (SSSR count). The molecule has 0 heterocycles. The summed E-state index contributed by atoms with van der Waals surface area (Å²) in [5, 5.41) is 10.5. The van der Waals surface area contributed by atoms with E-state index in [1.54, 1.807) is 12.1 Å². The van der Waals surface area contributed by atoms with Crippen molar-refractivity contribution in [2.75, 3.05) is 32.2 Å². The molecule has 1 atom stereocenters. The lowest BCUT2D eigenvalue weighted by molar-refractivity contribution is 0.139. The third-order valence-electron chi connectivity index (χ3n) is 3.55. The standard InChI is InChI=1S/C17H30NO4P/c1-5-7-13-21-23(20,22-14-8-6-2)17(19)15-9-11-16(12-10-15)18(3)4/h9-12,17,19H,5-8,13-14H2,1-4H3/t17-/m0/s1. The Morgan fingerprint density at radius 2 is 1.52 bits per heavy atom. The minimum absolute atomic E-state index is 0.326. The molecular formula is C17H30NO4P. The van der Waals surface area contributed by atoms with Gasteiger partial charge in [0.15, 0.2) is 5.85 Å². The molecule has 1 N–H and O–H groups in total. The number of nitrogens with zero attached hydrogens (tertiary/aromatic N) is 1. The van der Waals surface area contributed by atoms with Crippen molar-refractivity contribution in [2.24, 2.45) is 0 Å². The normalized spacial score (nSPS) is 13.1. The first-order chi connectivity index (χ1) is 10.9. The molecule has 0 aliphatic carbocycles. The summed E-state index contributed by atoms with van der Waals surface area (Å²) in [6, 6.07) is 7.28. The van der Waals surface area contributed by atoms with Gasteiger partial charge in [-0.05, 0) is 30.5 Å². The first kappa shape index (κ1) is 20.2. The van der Waals surface area contributed by atoms with Crippen molar-refractivity contribution >= 4 is 13.3 Å². The summed E-state index contributed by atoms with van der Waals surface area (Å²) < 4.78 is 23.9. The molecule has 6 heteroatoms. The van der Waals surface area contributed by atoms with Crippen LogP contribution in [0.2, 0.25) is 0 Å². The Morgan fingerprint density at radius 1 is 1.04 bits per heavy atom. The molecule has 1 aromatic carbocycles. The quantitative estimate of drug-likeness (QED) is 0.471. The van der Waals surface area contributed by atoms with E-state index in [0.29, 0.717) is 18.8 Å². The summed E-state index contributed by atoms with van der Waals surface area (Å²) in [5.41, 5.74) is 1.56. The largest absolute Gasteiger partial charge is 0.378 e. The average Bonchev–Trinajstić information content (AvgIpc) is 2.54. The maximum Gasteiger partial charge on any atom is 0.363 e. The molecule has 0 aromatic heterocycles. The van der Waals surface area contributed by atoms with E-state index in [2.05, 4.69) is 0 Å². The lowest BCUT2D eigenvalue weighted by Crippen LogP contribution is -2.10. The maximum atomic E-state index is 13.0. The van der Waals surface area contributed by atoms with Gasteiger partial charge in [0.25, 0.3) is 0 Å². The second kappa shape index (κ2) is 10.1. The van der Waals surface area contributed by atoms with Gasteiger partial charge < -0.3 is 19.1 Å². The molecule has 0 fully saturated rings. The van der Waals surface area contributed by atoms with Crippen molar-refractivity contribution in [1.29, 1.82) is 0 Å². The second-order valence-electron chi connectivity index (χ2n) is 5.77. The molecule has 0 saturated heterocycles. The van der Waals surface area contributed by atoms with E-state index in [4.69, 9.17) is 9.05 Å². The van der Waals surface area contributed by atoms with Crippen molar-refractivity contribution < 1.29 is 18.7 Å². The van der Waals surface area contributed by atoms with Crippen LogP contribution in [0.4, 0.5) is 5.69 Å². The molecule has 0 aliphatic rings. The topological polar surface area (TPSA) is 59.0 Å². The SMILES string of the molecule is CCCCOP(=O)(OCCCC)[C@H](O)c1ccc(N(C)C)cc1. The summed E-state index contributed by atoms with van der Waals surface area (Å²) in [4.78, 5) is 1.96. The predicted octanol–water partition coefficient (Wildman–Crippen LogP) is 4.57. The molecule has 0 spiro atoms. The van der Waals surface area contributed by atoms with Crippen LogP contribution >= 0.6 is 7.60 Å². The highest BCUT2D eigenvalue weighted by molar-refractivity contribution is 7.54. The number of anilines is 1. The molecule has 0 amide bonds. The highest BCUT2D eigenvalue weighted by Gasteiger charge is 2.35. The van der Waals surface area contributed by atoms with Gasteiger partial charge in [0.2, 0.25) is 0 Å². The van der Waals surface area contributed by atoms with Crippen molar-refractivity contribution in [1.82, 2.24) is 0 Å². The zero-order valence-corrected chi connectivity index (χ0v) is 15.6. The summed E-state index contributed by atoms with van der Waals surface area (Å²) in [6.07, 6.45) is 3.44. The molecule has 0 aliphatic heterocycles. The van der Waals surface area contributed by atoms with Gasteiger partial charge in [0, 0.05) is 19.8 Å². The molecule has 0 unspecified atom stereocenters. The summed E-state index contributed by atoms with van der Waals surface area (Å²) in [5.74, 6) is -1.26. The summed E-state index contributed by atoms with van der Waals surface area (Å²) in [6.45, 7) is 4.71. The van der Waals surface area contributed by atoms with Gasteiger partial charge in [-0.2, -0.15) is 0 Å². The summed E-state index contributed by atoms with van der Waals surface area (Å²) in [7, 11) is 0.296. The fourth-order valence-electron chi connectivity index (χ4n) is 1.98. The maximum absolute atomic E-state index is 13.0. The van der Waals surface area contributed by atoms with Crippen LogP contribution in [0, 0.1) is 0 Å². The lowest BCUT2D eigenvalue weighted by Gasteiger charge is -2.24. The smallest absolute Gasteiger partial charge is 0.363 e. The molecule has 23 heavy (non-hydrogen) atoms. The van der Waals surface area contributed by atoms with Crippen LogP contribution in [-0.2, 0) is 13.6 Å². The van der Waals surface area contributed by atoms with Gasteiger partial charge in [0.05, 0.1) is 13.2 Å². The Balaban J connectivity index is 2.87. The van der Waals surface area contributed by atoms with Gasteiger partial charge in [-0.15, -0.1) is 0 Å². The van der Waals surface area contributed by atoms with E-state index in [-0.39, 0.29) is 0 Å². The first-order valence-corrected chi connectivity index (χ1v) is 9.90. The molecular weight excluding hydrogens is 313 g/mol. The molecule has 132 valence electrons. The van der Waals surface area contributed by atoms with Crippen LogP contribution in [0.5, 0.6) is 0 Å². The molecule has 0 bridgehead atoms. The fraction of sp³-hybridized carbons (Fsp3) is 0.647. The van der Waals surface area contributed by atoms with E-state index < -0.39 is 13.4 Å². The number of hydrogen-bond donors (Lipinski definition) is 1. The molecule has 0 saturated carbocycles. The van der Waals surface area contributed by atoms with Crippen LogP contribution in [0.1, 0.15) is 50.9 Å². The Hall–Kier alpha value is -0.870. The highest BCUT2D eigenvalue weighted by atomic mass is 31.2. The minimum atomic E-state index is -3.59. The van der Waals surface area contributed by atoms with Crippen molar-refractivity contribution in [3.63, 3.8) is 0 Å². The van der Waals surface area contributed by atoms with Crippen molar-refractivity contribution in [3.05, 3.63) is 29.8 Å². The number of benzene rings is 1. The lowest BCUT2D eigenvalue weighted by atomic mass is 10.2. The van der Waals surface area contributed by atoms with Crippen LogP contribution in [-0.4, -0.2) is 32.4 Å². The van der Waals surface area contributed by atoms with Crippen LogP contribution in [0.3, 0.4) is 0 Å². The van der Waals surface area contributed by atoms with Crippen LogP contribution < -0.4 is 4.90 Å². The van der Waals surface area contributed by atoms with E-state index in [1.165, 1.54) is 0 Å². The van der Waals surface area contributed by atoms with E-state index >= 15 is 0 Å². The van der Waals surface area contributed by atoms with Crippen molar-refractivity contribution in [3.8, 4) is 0 Å². The highest BCUT2D eigenvalue weighted by Crippen LogP contribution is 2.59. The monoisotopic (exact) mass is 343 g/mol. The van der Waals surface area contributed by atoms with E-state index in [9.17, 15) is 9.67 Å². The van der Waals surface area contributed by atoms with Crippen molar-refractivity contribution in [2.45, 2.75) is 45.4 Å². The Bertz CT molecular complexity index is 476. The number of aliphatic hydroxyl groups excluding tert-OH is 1. The van der Waals surface area contributed by atoms with E-state index in [1.807, 2.05) is 45.0 Å². The van der Waals surface area contributed by atoms with Gasteiger partial charge >= 0.3 is 7.60 Å². The van der Waals surface area contributed by atoms with Gasteiger partial charge in [-0.1, -0.05) is 38.8 Å². The zero-order chi connectivity index (χ0) is 17.3. The van der Waals surface area contributed by atoms with Gasteiger partial charge in [-0.3, -0.25) is 4.57 Å². The first-order valence-electron chi connectivity index (χ1n) is 8.28. The number of unbranched alkanes of at least 4 members (excludes halogenated alkanes) is 2. The second-order valence-corrected chi connectivity index (χ2v) is 7.86. The molecule has 1 aromatic rings. The molecule has 5 nitrogen and oxygen atoms in total. The minimum Gasteiger partial charge on any atom is -0.378 e. The van der Waals surface area contributed by atoms with E-state index in [0.717, 1.165) is 31.4 Å². The Kier molecular flexibility index (Phi) is 8.85. The van der Waals surface area contributed by atoms with Gasteiger partial charge in [0.1, 0.15) is 0 Å². The third kappa shape index (κ3) is 6.27. The predicted molar refractivity (Wildman–Crippen MR) is 95.1 cm³/mol. The fourth-order valence-corrected chi connectivity index (χ4v) is 3.64. The summed E-state index contributed by atoms with van der Waals surface area (Å²) >= 11 is 0. The zero-order valence-electron chi connectivity index (χ0n) is 14.7. The Labute approximate surface area is 140 Å². The number of rotatable bonds is 11. The average molecular weight is 343 g/mol. The number of aliphatic hydroxyl groups is 1. The Morgan fingerprint density at radius 3 is 1.91 bits per heavy atom. The van der Waals surface area contributed by atoms with Gasteiger partial charge in [-0.25, -0.2) is 0 Å². The number of hydrogen-bond acceptors (Lipinski definition) is 5. The van der Waals surface area contributed by atoms with Crippen LogP contribution in [0.25, 0.3) is 0 Å². The molecule has 0 radical (unpaired) electrons.